The van der Waals surface area contributed by atoms with E-state index in [2.05, 4.69) is 15.4 Å². The van der Waals surface area contributed by atoms with Gasteiger partial charge in [0.25, 0.3) is 5.91 Å². The Morgan fingerprint density at radius 1 is 1.10 bits per heavy atom. The Balaban J connectivity index is 1.56. The van der Waals surface area contributed by atoms with Crippen molar-refractivity contribution in [2.24, 2.45) is 0 Å². The number of aromatic nitrogens is 3. The van der Waals surface area contributed by atoms with Crippen LogP contribution in [0, 0.1) is 6.92 Å². The number of ether oxygens (including phenoxy) is 1. The van der Waals surface area contributed by atoms with Gasteiger partial charge in [-0.2, -0.15) is 0 Å². The molecule has 30 heavy (non-hydrogen) atoms. The molecular weight excluding hydrogens is 423 g/mol. The van der Waals surface area contributed by atoms with Gasteiger partial charge in [0.1, 0.15) is 5.82 Å². The van der Waals surface area contributed by atoms with Gasteiger partial charge in [-0.3, -0.25) is 4.79 Å². The van der Waals surface area contributed by atoms with Gasteiger partial charge in [-0.25, -0.2) is 9.67 Å². The van der Waals surface area contributed by atoms with Gasteiger partial charge in [-0.1, -0.05) is 53.5 Å². The number of carbonyl (C=O) groups is 1. The predicted octanol–water partition coefficient (Wildman–Crippen LogP) is 4.36. The molecule has 156 valence electrons. The maximum Gasteiger partial charge on any atom is 0.291 e. The van der Waals surface area contributed by atoms with Crippen LogP contribution >= 0.6 is 23.2 Å². The zero-order chi connectivity index (χ0) is 21.1. The van der Waals surface area contributed by atoms with Gasteiger partial charge >= 0.3 is 0 Å². The van der Waals surface area contributed by atoms with Crippen LogP contribution in [0.4, 0.5) is 0 Å². The van der Waals surface area contributed by atoms with Crippen LogP contribution < -0.4 is 5.32 Å². The molecule has 1 saturated heterocycles. The molecule has 1 aliphatic rings. The van der Waals surface area contributed by atoms with Gasteiger partial charge in [-0.15, -0.1) is 5.10 Å². The molecule has 6 nitrogen and oxygen atoms in total. The number of amides is 1. The summed E-state index contributed by atoms with van der Waals surface area (Å²) >= 11 is 12.8. The van der Waals surface area contributed by atoms with Crippen LogP contribution in [0.15, 0.2) is 48.5 Å². The summed E-state index contributed by atoms with van der Waals surface area (Å²) in [5.41, 5.74) is 1.42. The van der Waals surface area contributed by atoms with E-state index < -0.39 is 0 Å². The summed E-state index contributed by atoms with van der Waals surface area (Å²) in [6.07, 6.45) is 1.55. The van der Waals surface area contributed by atoms with Crippen LogP contribution in [0.1, 0.15) is 34.8 Å². The van der Waals surface area contributed by atoms with E-state index in [0.717, 1.165) is 18.4 Å². The van der Waals surface area contributed by atoms with Crippen LogP contribution in [-0.4, -0.2) is 40.4 Å². The molecule has 1 fully saturated rings. The summed E-state index contributed by atoms with van der Waals surface area (Å²) < 4.78 is 7.14. The van der Waals surface area contributed by atoms with Crippen LogP contribution in [0.2, 0.25) is 10.0 Å². The topological polar surface area (TPSA) is 69.0 Å². The van der Waals surface area contributed by atoms with Crippen LogP contribution in [0.3, 0.4) is 0 Å². The Morgan fingerprint density at radius 2 is 1.77 bits per heavy atom. The van der Waals surface area contributed by atoms with Crippen molar-refractivity contribution in [2.45, 2.75) is 25.2 Å². The molecule has 0 aliphatic carbocycles. The first-order valence-electron chi connectivity index (χ1n) is 9.80. The van der Waals surface area contributed by atoms with E-state index in [9.17, 15) is 4.79 Å². The lowest BCUT2D eigenvalue weighted by molar-refractivity contribution is 0.0486. The summed E-state index contributed by atoms with van der Waals surface area (Å²) in [6, 6.07) is 15.1. The maximum absolute atomic E-state index is 12.9. The Labute approximate surface area is 185 Å². The van der Waals surface area contributed by atoms with E-state index in [0.29, 0.717) is 41.3 Å². The quantitative estimate of drug-likeness (QED) is 0.634. The third kappa shape index (κ3) is 4.08. The predicted molar refractivity (Wildman–Crippen MR) is 117 cm³/mol. The van der Waals surface area contributed by atoms with Crippen molar-refractivity contribution < 1.29 is 9.53 Å². The SMILES string of the molecule is Cc1nc(C(=O)NCC2(c3ccccc3Cl)CCOCC2)nn1-c1ccccc1Cl. The fourth-order valence-corrected chi connectivity index (χ4v) is 4.41. The van der Waals surface area contributed by atoms with E-state index in [1.165, 1.54) is 0 Å². The second-order valence-corrected chi connectivity index (χ2v) is 8.22. The average molecular weight is 445 g/mol. The molecule has 0 unspecified atom stereocenters. The van der Waals surface area contributed by atoms with E-state index >= 15 is 0 Å². The number of aryl methyl sites for hydroxylation is 1. The lowest BCUT2D eigenvalue weighted by Gasteiger charge is -2.38. The molecule has 0 atom stereocenters. The monoisotopic (exact) mass is 444 g/mol. The highest BCUT2D eigenvalue weighted by atomic mass is 35.5. The first-order valence-corrected chi connectivity index (χ1v) is 10.6. The minimum absolute atomic E-state index is 0.105. The molecule has 3 aromatic rings. The third-order valence-electron chi connectivity index (χ3n) is 5.54. The first-order chi connectivity index (χ1) is 14.5. The van der Waals surface area contributed by atoms with Crippen molar-refractivity contribution in [3.8, 4) is 5.69 Å². The third-order valence-corrected chi connectivity index (χ3v) is 6.18. The van der Waals surface area contributed by atoms with Crippen LogP contribution in [0.5, 0.6) is 0 Å². The molecule has 4 rings (SSSR count). The average Bonchev–Trinajstić information content (AvgIpc) is 3.15. The van der Waals surface area contributed by atoms with Gasteiger partial charge in [0.15, 0.2) is 0 Å². The number of benzene rings is 2. The minimum atomic E-state index is -0.332. The molecule has 1 amide bonds. The molecule has 0 bridgehead atoms. The molecular formula is C22H22Cl2N4O2. The lowest BCUT2D eigenvalue weighted by Crippen LogP contribution is -2.45. The van der Waals surface area contributed by atoms with Crippen molar-refractivity contribution in [1.82, 2.24) is 20.1 Å². The summed E-state index contributed by atoms with van der Waals surface area (Å²) in [4.78, 5) is 17.2. The smallest absolute Gasteiger partial charge is 0.291 e. The highest BCUT2D eigenvalue weighted by Gasteiger charge is 2.36. The zero-order valence-corrected chi connectivity index (χ0v) is 18.1. The molecule has 8 heteroatoms. The number of carbonyl (C=O) groups excluding carboxylic acids is 1. The van der Waals surface area contributed by atoms with Crippen molar-refractivity contribution in [3.63, 3.8) is 0 Å². The molecule has 1 aromatic heterocycles. The van der Waals surface area contributed by atoms with Gasteiger partial charge in [-0.05, 0) is 43.5 Å². The molecule has 0 radical (unpaired) electrons. The number of hydrogen-bond donors (Lipinski definition) is 1. The van der Waals surface area contributed by atoms with E-state index in [4.69, 9.17) is 27.9 Å². The first kappa shape index (κ1) is 20.8. The fraction of sp³-hybridized carbons (Fsp3) is 0.318. The number of rotatable bonds is 5. The van der Waals surface area contributed by atoms with Crippen molar-refractivity contribution in [3.05, 3.63) is 75.8 Å². The fourth-order valence-electron chi connectivity index (χ4n) is 3.86. The van der Waals surface area contributed by atoms with Crippen molar-refractivity contribution in [2.75, 3.05) is 19.8 Å². The number of para-hydroxylation sites is 1. The summed E-state index contributed by atoms with van der Waals surface area (Å²) in [5, 5.41) is 8.63. The second-order valence-electron chi connectivity index (χ2n) is 7.40. The minimum Gasteiger partial charge on any atom is -0.381 e. The Bertz CT molecular complexity index is 1060. The number of nitrogens with zero attached hydrogens (tertiary/aromatic N) is 3. The normalized spacial score (nSPS) is 15.7. The van der Waals surface area contributed by atoms with E-state index in [1.807, 2.05) is 42.5 Å². The van der Waals surface area contributed by atoms with Gasteiger partial charge in [0.05, 0.1) is 10.7 Å². The Hall–Kier alpha value is -2.41. The zero-order valence-electron chi connectivity index (χ0n) is 16.6. The van der Waals surface area contributed by atoms with Gasteiger partial charge in [0.2, 0.25) is 5.82 Å². The number of hydrogen-bond acceptors (Lipinski definition) is 4. The lowest BCUT2D eigenvalue weighted by atomic mass is 9.74. The van der Waals surface area contributed by atoms with Crippen LogP contribution in [0.25, 0.3) is 5.69 Å². The molecule has 0 spiro atoms. The highest BCUT2D eigenvalue weighted by molar-refractivity contribution is 6.32. The maximum atomic E-state index is 12.9. The summed E-state index contributed by atoms with van der Waals surface area (Å²) in [7, 11) is 0. The molecule has 1 N–H and O–H groups in total. The van der Waals surface area contributed by atoms with E-state index in [-0.39, 0.29) is 17.1 Å². The highest BCUT2D eigenvalue weighted by Crippen LogP contribution is 2.38. The molecule has 0 saturated carbocycles. The standard InChI is InChI=1S/C22H22Cl2N4O2/c1-15-26-20(27-28(15)19-9-5-4-8-18(19)24)21(29)25-14-22(10-12-30-13-11-22)16-6-2-3-7-17(16)23/h2-9H,10-14H2,1H3,(H,25,29). The molecule has 2 heterocycles. The van der Waals surface area contributed by atoms with Gasteiger partial charge in [0, 0.05) is 30.2 Å². The number of halogens is 2. The van der Waals surface area contributed by atoms with Gasteiger partial charge < -0.3 is 10.1 Å². The number of nitrogens with one attached hydrogen (secondary N) is 1. The van der Waals surface area contributed by atoms with Crippen molar-refractivity contribution >= 4 is 29.1 Å². The second kappa shape index (κ2) is 8.76. The Morgan fingerprint density at radius 3 is 2.47 bits per heavy atom. The summed E-state index contributed by atoms with van der Waals surface area (Å²) in [6.45, 7) is 3.47. The Kier molecular flexibility index (Phi) is 6.09. The van der Waals surface area contributed by atoms with Crippen molar-refractivity contribution in [1.29, 1.82) is 0 Å². The molecule has 1 aliphatic heterocycles. The van der Waals surface area contributed by atoms with E-state index in [1.54, 1.807) is 17.7 Å². The molecule has 2 aromatic carbocycles. The summed E-state index contributed by atoms with van der Waals surface area (Å²) in [5.74, 6) is 0.357. The van der Waals surface area contributed by atoms with Crippen LogP contribution in [-0.2, 0) is 10.2 Å². The largest absolute Gasteiger partial charge is 0.381 e.